The summed E-state index contributed by atoms with van der Waals surface area (Å²) in [7, 11) is 0. The molecule has 0 aliphatic rings. The molecule has 12 N–H and O–H groups in total. The fraction of sp³-hybridized carbons (Fsp3) is 0.0476. The van der Waals surface area contributed by atoms with Gasteiger partial charge in [0, 0.05) is 17.4 Å². The summed E-state index contributed by atoms with van der Waals surface area (Å²) in [4.78, 5) is 98.8. The Morgan fingerprint density at radius 3 is 0.980 bits per heavy atom. The zero-order valence-electron chi connectivity index (χ0n) is 50.0. The molecule has 0 fully saturated rings. The number of hydrogen-bond acceptors (Lipinski definition) is 21. The molecule has 510 valence electrons. The molecular formula is C63H48F9N15O12. The lowest BCUT2D eigenvalue weighted by molar-refractivity contribution is -0.139. The maximum absolute atomic E-state index is 12.7. The predicted molar refractivity (Wildman–Crippen MR) is 336 cm³/mol. The molecule has 6 aromatic carbocycles. The number of rotatable bonds is 12. The van der Waals surface area contributed by atoms with E-state index in [2.05, 4.69) is 59.8 Å². The second-order valence-corrected chi connectivity index (χ2v) is 18.9. The molecule has 0 saturated heterocycles. The number of nitrogens with two attached hydrogens (primary N) is 3. The monoisotopic (exact) mass is 1380 g/mol. The van der Waals surface area contributed by atoms with Gasteiger partial charge in [0.2, 0.25) is 0 Å². The fourth-order valence-corrected chi connectivity index (χ4v) is 7.04. The summed E-state index contributed by atoms with van der Waals surface area (Å²) in [6.45, 7) is 0. The lowest BCUT2D eigenvalue weighted by Crippen LogP contribution is -2.09. The molecule has 0 radical (unpaired) electrons. The Labute approximate surface area is 547 Å². The molecule has 6 aromatic heterocycles. The Morgan fingerprint density at radius 1 is 0.283 bits per heavy atom. The van der Waals surface area contributed by atoms with Crippen LogP contribution < -0.4 is 79.8 Å². The molecule has 0 spiro atoms. The van der Waals surface area contributed by atoms with E-state index in [0.29, 0.717) is 51.6 Å². The minimum Gasteiger partial charge on any atom is -0.454 e. The zero-order valence-corrected chi connectivity index (χ0v) is 50.0. The maximum atomic E-state index is 12.7. The number of ether oxygens (including phenoxy) is 6. The molecule has 0 unspecified atom stereocenters. The topological polar surface area (TPSA) is 408 Å². The lowest BCUT2D eigenvalue weighted by Gasteiger charge is -2.12. The van der Waals surface area contributed by atoms with Crippen LogP contribution in [0.4, 0.5) is 56.6 Å². The molecule has 0 saturated carbocycles. The van der Waals surface area contributed by atoms with Gasteiger partial charge in [0.25, 0.3) is 0 Å². The van der Waals surface area contributed by atoms with Gasteiger partial charge in [-0.1, -0.05) is 36.4 Å². The number of nitrogens with zero attached hydrogens (tertiary/aromatic N) is 6. The van der Waals surface area contributed by atoms with Gasteiger partial charge in [0.05, 0.1) is 96.7 Å². The Balaban J connectivity index is 0.000000167. The van der Waals surface area contributed by atoms with E-state index in [1.807, 2.05) is 12.1 Å². The lowest BCUT2D eigenvalue weighted by atomic mass is 10.2. The van der Waals surface area contributed by atoms with Gasteiger partial charge in [-0.15, -0.1) is 0 Å². The first-order valence-electron chi connectivity index (χ1n) is 27.5. The van der Waals surface area contributed by atoms with E-state index < -0.39 is 69.4 Å². The van der Waals surface area contributed by atoms with Gasteiger partial charge in [0.1, 0.15) is 34.5 Å². The van der Waals surface area contributed by atoms with Gasteiger partial charge in [-0.25, -0.2) is 28.8 Å². The van der Waals surface area contributed by atoms with Crippen molar-refractivity contribution in [2.75, 3.05) is 17.2 Å². The van der Waals surface area contributed by atoms with Crippen LogP contribution in [0.3, 0.4) is 0 Å². The minimum atomic E-state index is -4.51. The number of aromatic amines is 6. The van der Waals surface area contributed by atoms with Gasteiger partial charge < -0.3 is 75.5 Å². The van der Waals surface area contributed by atoms with Crippen LogP contribution in [-0.2, 0) is 18.5 Å². The highest BCUT2D eigenvalue weighted by molar-refractivity contribution is 5.53. The van der Waals surface area contributed by atoms with Crippen molar-refractivity contribution in [2.24, 2.45) is 0 Å². The fourth-order valence-electron chi connectivity index (χ4n) is 7.04. The minimum absolute atomic E-state index is 0.0127. The van der Waals surface area contributed by atoms with Gasteiger partial charge in [-0.3, -0.25) is 0 Å². The van der Waals surface area contributed by atoms with Crippen LogP contribution in [-0.4, -0.2) is 59.8 Å². The summed E-state index contributed by atoms with van der Waals surface area (Å²) in [5.41, 5.74) is 13.2. The summed E-state index contributed by atoms with van der Waals surface area (Å²) in [5.74, 6) is 3.42. The van der Waals surface area contributed by atoms with Crippen molar-refractivity contribution < 1.29 is 67.9 Å². The Morgan fingerprint density at radius 2 is 0.616 bits per heavy atom. The predicted octanol–water partition coefficient (Wildman–Crippen LogP) is 11.2. The average molecular weight is 1380 g/mol. The average Bonchev–Trinajstić information content (AvgIpc) is 0.858. The number of nitrogen functional groups attached to an aromatic ring is 3. The second-order valence-electron chi connectivity index (χ2n) is 18.9. The zero-order chi connectivity index (χ0) is 71.5. The first-order valence-corrected chi connectivity index (χ1v) is 27.5. The number of H-pyrrole nitrogens is 6. The van der Waals surface area contributed by atoms with Gasteiger partial charge in [-0.2, -0.15) is 69.4 Å². The number of hydrogen-bond donors (Lipinski definition) is 9. The van der Waals surface area contributed by atoms with Crippen LogP contribution in [0.15, 0.2) is 249 Å². The molecule has 0 bridgehead atoms. The van der Waals surface area contributed by atoms with Crippen LogP contribution in [0, 0.1) is 0 Å². The number of nitrogens with one attached hydrogen (secondary N) is 6. The summed E-state index contributed by atoms with van der Waals surface area (Å²) < 4.78 is 144. The number of aromatic nitrogens is 12. The van der Waals surface area contributed by atoms with Crippen molar-refractivity contribution >= 4 is 17.1 Å². The standard InChI is InChI=1S/3C11H7F3N2O2.3C10H9N3O2/c12-11(13,14)7-1-3-8(4-2-7)18-9-5-15-10(17)16-6-9;12-11(13,14)7-2-1-3-8(4-7)18-9-5-15-10(17)16-6-9;12-11(13,14)8-3-1-2-4-9(8)18-7-5-15-10(17)16-6-7;11-7-1-3-8(4-2-7)15-9-5-12-10(14)13-6-9;11-7-2-1-3-8(4-7)15-9-5-12-10(14)13-6-9;11-8-3-1-2-4-9(8)15-7-5-12-10(14)13-6-7/h3*1-6H,(H,15,16,17);3*1-6H,11H2,(H,12,13,14). The van der Waals surface area contributed by atoms with Crippen molar-refractivity contribution in [1.29, 1.82) is 0 Å². The van der Waals surface area contributed by atoms with E-state index in [0.717, 1.165) is 48.9 Å². The van der Waals surface area contributed by atoms with Crippen LogP contribution >= 0.6 is 0 Å². The highest BCUT2D eigenvalue weighted by Gasteiger charge is 2.34. The van der Waals surface area contributed by atoms with Crippen molar-refractivity contribution in [3.05, 3.63) is 300 Å². The van der Waals surface area contributed by atoms with E-state index in [-0.39, 0.29) is 34.5 Å². The van der Waals surface area contributed by atoms with Crippen LogP contribution in [0.1, 0.15) is 16.7 Å². The number of alkyl halides is 9. The SMILES string of the molecule is Nc1ccc(Oc2cnc(=O)[nH]c2)cc1.Nc1cccc(Oc2cnc(=O)[nH]c2)c1.Nc1ccccc1Oc1cnc(=O)[nH]c1.O=c1ncc(Oc2ccc(C(F)(F)F)cc2)c[nH]1.O=c1ncc(Oc2cccc(C(F)(F)F)c2)c[nH]1.O=c1ncc(Oc2ccccc2C(F)(F)F)c[nH]1. The first kappa shape index (κ1) is 72.6. The number of para-hydroxylation sites is 3. The summed E-state index contributed by atoms with van der Waals surface area (Å²) >= 11 is 0. The largest absolute Gasteiger partial charge is 0.454 e. The molecule has 12 aromatic rings. The first-order chi connectivity index (χ1) is 47.1. The smallest absolute Gasteiger partial charge is 0.419 e. The van der Waals surface area contributed by atoms with E-state index in [1.54, 1.807) is 60.7 Å². The third-order valence-corrected chi connectivity index (χ3v) is 11.5. The quantitative estimate of drug-likeness (QED) is 0.0405. The summed E-state index contributed by atoms with van der Waals surface area (Å²) in [5, 5.41) is 0. The van der Waals surface area contributed by atoms with Crippen LogP contribution in [0.2, 0.25) is 0 Å². The van der Waals surface area contributed by atoms with Gasteiger partial charge in [0.15, 0.2) is 34.5 Å². The highest BCUT2D eigenvalue weighted by atomic mass is 19.4. The number of halogens is 9. The Hall–Kier alpha value is -13.8. The van der Waals surface area contributed by atoms with Crippen molar-refractivity contribution in [2.45, 2.75) is 18.5 Å². The second kappa shape index (κ2) is 34.4. The highest BCUT2D eigenvalue weighted by Crippen LogP contribution is 2.38. The molecule has 36 heteroatoms. The third kappa shape index (κ3) is 25.2. The van der Waals surface area contributed by atoms with Crippen molar-refractivity contribution in [3.63, 3.8) is 0 Å². The van der Waals surface area contributed by atoms with E-state index in [4.69, 9.17) is 45.6 Å². The van der Waals surface area contributed by atoms with Crippen LogP contribution in [0.5, 0.6) is 69.0 Å². The molecule has 6 heterocycles. The molecule has 27 nitrogen and oxygen atoms in total. The van der Waals surface area contributed by atoms with Crippen molar-refractivity contribution in [1.82, 2.24) is 59.8 Å². The van der Waals surface area contributed by atoms with Crippen molar-refractivity contribution in [3.8, 4) is 69.0 Å². The molecule has 0 atom stereocenters. The summed E-state index contributed by atoms with van der Waals surface area (Å²) in [6.07, 6.45) is 2.04. The van der Waals surface area contributed by atoms with Gasteiger partial charge >= 0.3 is 52.7 Å². The third-order valence-electron chi connectivity index (χ3n) is 11.5. The van der Waals surface area contributed by atoms with Gasteiger partial charge in [-0.05, 0) is 103 Å². The molecule has 99 heavy (non-hydrogen) atoms. The van der Waals surface area contributed by atoms with E-state index >= 15 is 0 Å². The van der Waals surface area contributed by atoms with E-state index in [9.17, 15) is 68.3 Å². The summed E-state index contributed by atoms with van der Waals surface area (Å²) in [6, 6.07) is 34.4. The normalized spacial score (nSPS) is 10.6. The van der Waals surface area contributed by atoms with Crippen LogP contribution in [0.25, 0.3) is 0 Å². The molecular weight excluding hydrogens is 1330 g/mol. The Bertz CT molecular complexity index is 4840. The molecule has 0 aliphatic heterocycles. The molecule has 0 aliphatic carbocycles. The molecule has 12 rings (SSSR count). The van der Waals surface area contributed by atoms with E-state index in [1.165, 1.54) is 98.2 Å². The molecule has 0 amide bonds. The maximum Gasteiger partial charge on any atom is 0.419 e. The Kier molecular flexibility index (Phi) is 25.2. The number of anilines is 3. The number of benzene rings is 6.